The van der Waals surface area contributed by atoms with Gasteiger partial charge in [-0.05, 0) is 0 Å². The van der Waals surface area contributed by atoms with E-state index in [-0.39, 0.29) is 104 Å². The van der Waals surface area contributed by atoms with Gasteiger partial charge >= 0.3 is 127 Å². The van der Waals surface area contributed by atoms with Gasteiger partial charge < -0.3 is 33.1 Å². The first-order valence-electron chi connectivity index (χ1n) is 1.95. The molecule has 0 aliphatic heterocycles. The molecule has 78 valence electrons. The number of hydrogen-bond acceptors (Lipinski definition) is 3. The van der Waals surface area contributed by atoms with E-state index in [2.05, 4.69) is 0 Å². The molecule has 15 heavy (non-hydrogen) atoms. The van der Waals surface area contributed by atoms with Crippen LogP contribution in [-0.2, 0) is 13.4 Å². The second-order valence-electron chi connectivity index (χ2n) is 0.848. The molecule has 0 radical (unpaired) electrons. The molecule has 0 saturated carbocycles. The van der Waals surface area contributed by atoms with E-state index in [9.17, 15) is 0 Å². The van der Waals surface area contributed by atoms with Crippen LogP contribution in [0.5, 0.6) is 0 Å². The zero-order chi connectivity index (χ0) is 10.7. The van der Waals surface area contributed by atoms with Crippen molar-refractivity contribution in [2.75, 3.05) is 0 Å². The molecule has 15 heteroatoms. The Morgan fingerprint density at radius 3 is 0.667 bits per heavy atom. The molecule has 0 saturated heterocycles. The summed E-state index contributed by atoms with van der Waals surface area (Å²) in [5.74, 6) is 0. The van der Waals surface area contributed by atoms with Gasteiger partial charge in [-0.25, -0.2) is 0 Å². The maximum absolute atomic E-state index is 8.74. The van der Waals surface area contributed by atoms with Crippen molar-refractivity contribution in [3.8, 4) is 0 Å². The summed E-state index contributed by atoms with van der Waals surface area (Å²) in [6.07, 6.45) is 0. The smallest absolute Gasteiger partial charge is 1.00 e. The van der Waals surface area contributed by atoms with Gasteiger partial charge in [-0.2, -0.15) is 0 Å². The van der Waals surface area contributed by atoms with Crippen LogP contribution in [0.4, 0.5) is 0 Å². The van der Waals surface area contributed by atoms with Crippen molar-refractivity contribution in [1.82, 2.24) is 0 Å². The van der Waals surface area contributed by atoms with Gasteiger partial charge in [0.1, 0.15) is 0 Å². The maximum Gasteiger partial charge on any atom is 1.00 e. The van der Waals surface area contributed by atoms with Crippen molar-refractivity contribution in [3.63, 3.8) is 0 Å². The summed E-state index contributed by atoms with van der Waals surface area (Å²) in [6.45, 7) is 0. The summed E-state index contributed by atoms with van der Waals surface area (Å²) in [4.78, 5) is 42.9. The Balaban J connectivity index is -0.00000000827. The van der Waals surface area contributed by atoms with Gasteiger partial charge in [0.2, 0.25) is 0 Å². The summed E-state index contributed by atoms with van der Waals surface area (Å²) in [7, 11) is -9.39. The van der Waals surface area contributed by atoms with Crippen LogP contribution < -0.4 is 99.8 Å². The van der Waals surface area contributed by atoms with Crippen molar-refractivity contribution in [1.29, 1.82) is 0 Å². The summed E-state index contributed by atoms with van der Waals surface area (Å²) < 4.78 is 26.2. The van der Waals surface area contributed by atoms with Crippen LogP contribution in [-0.4, -0.2) is 56.3 Å². The first-order chi connectivity index (χ1) is 5.20. The first kappa shape index (κ1) is 36.0. The Kier molecular flexibility index (Phi) is 71.4. The molecule has 0 aromatic heterocycles. The average molecular weight is 306 g/mol. The van der Waals surface area contributed by atoms with Crippen LogP contribution in [0.2, 0.25) is 0 Å². The Hall–Kier alpha value is 2.08. The minimum absolute atomic E-state index is 0. The number of rotatable bonds is 0. The van der Waals surface area contributed by atoms with Crippen LogP contribution in [0.1, 0.15) is 4.28 Å². The van der Waals surface area contributed by atoms with E-state index in [0.717, 1.165) is 0 Å². The molecule has 0 bridgehead atoms. The predicted molar refractivity (Wildman–Crippen MR) is 36.0 cm³/mol. The van der Waals surface area contributed by atoms with Gasteiger partial charge in [0.05, 0.1) is 0 Å². The number of hydrogen-bond donors (Lipinski definition) is 6. The summed E-state index contributed by atoms with van der Waals surface area (Å²) in [6, 6.07) is 0. The standard InChI is InChI=1S/K.Li.Na.3H2O3Si.3H/c;;;3*1-4(2)3;;;/h;;;3*1-2H;;;/q3*+1;;;;3*-1. The maximum atomic E-state index is 8.74. The molecule has 0 amide bonds. The van der Waals surface area contributed by atoms with Crippen molar-refractivity contribution in [2.45, 2.75) is 0 Å². The first-order valence-corrected chi connectivity index (χ1v) is 5.86. The quantitative estimate of drug-likeness (QED) is 0.237. The molecule has 0 aliphatic rings. The summed E-state index contributed by atoms with van der Waals surface area (Å²) >= 11 is 0. The normalized spacial score (nSPS) is 4.80. The predicted octanol–water partition coefficient (Wildman–Crippen LogP) is -13.5. The molecule has 0 fully saturated rings. The molecule has 0 heterocycles. The second-order valence-corrected chi connectivity index (χ2v) is 2.54. The SMILES string of the molecule is O=[Si](O)O.O=[Si](O)O.O=[Si](O)O.[H-].[H-].[H-].[K+].[Li+].[Na+]. The van der Waals surface area contributed by atoms with Crippen LogP contribution in [0.25, 0.3) is 0 Å². The van der Waals surface area contributed by atoms with Crippen LogP contribution >= 0.6 is 0 Å². The van der Waals surface area contributed by atoms with E-state index >= 15 is 0 Å². The van der Waals surface area contributed by atoms with E-state index in [1.807, 2.05) is 0 Å². The van der Waals surface area contributed by atoms with Gasteiger partial charge in [-0.15, -0.1) is 0 Å². The van der Waals surface area contributed by atoms with Gasteiger partial charge in [-0.3, -0.25) is 13.4 Å². The van der Waals surface area contributed by atoms with E-state index in [1.54, 1.807) is 0 Å². The van der Waals surface area contributed by atoms with Crippen LogP contribution in [0.3, 0.4) is 0 Å². The third-order valence-corrected chi connectivity index (χ3v) is 0. The van der Waals surface area contributed by atoms with Crippen molar-refractivity contribution >= 4 is 27.5 Å². The van der Waals surface area contributed by atoms with Gasteiger partial charge in [0.15, 0.2) is 0 Å². The minimum atomic E-state index is -3.13. The Morgan fingerprint density at radius 2 is 0.667 bits per heavy atom. The van der Waals surface area contributed by atoms with Gasteiger partial charge in [-0.1, -0.05) is 0 Å². The zero-order valence-electron chi connectivity index (χ0n) is 11.4. The summed E-state index contributed by atoms with van der Waals surface area (Å²) in [5.41, 5.74) is 0. The van der Waals surface area contributed by atoms with Gasteiger partial charge in [0, 0.05) is 0 Å². The molecule has 0 unspecified atom stereocenters. The monoisotopic (exact) mass is 306 g/mol. The van der Waals surface area contributed by atoms with Crippen LogP contribution in [0, 0.1) is 0 Å². The van der Waals surface area contributed by atoms with E-state index in [4.69, 9.17) is 42.2 Å². The largest absolute Gasteiger partial charge is 1.00 e. The van der Waals surface area contributed by atoms with Gasteiger partial charge in [0.25, 0.3) is 0 Å². The molecule has 0 spiro atoms. The molecular weight excluding hydrogens is 297 g/mol. The second kappa shape index (κ2) is 29.8. The average Bonchev–Trinajstić information content (AvgIpc) is 1.54. The van der Waals surface area contributed by atoms with E-state index < -0.39 is 27.5 Å². The van der Waals surface area contributed by atoms with Crippen molar-refractivity contribution in [2.24, 2.45) is 0 Å². The van der Waals surface area contributed by atoms with Crippen LogP contribution in [0.15, 0.2) is 0 Å². The fourth-order valence-corrected chi connectivity index (χ4v) is 0. The molecule has 0 aromatic rings. The Bertz CT molecular complexity index is 135. The molecular formula is H9KLiNaO9Si3. The Morgan fingerprint density at radius 1 is 0.667 bits per heavy atom. The van der Waals surface area contributed by atoms with E-state index in [0.29, 0.717) is 0 Å². The molecule has 0 aromatic carbocycles. The fourth-order valence-electron chi connectivity index (χ4n) is 0. The van der Waals surface area contributed by atoms with E-state index in [1.165, 1.54) is 0 Å². The molecule has 0 aliphatic carbocycles. The minimum Gasteiger partial charge on any atom is -1.00 e. The summed E-state index contributed by atoms with van der Waals surface area (Å²) in [5, 5.41) is 0. The molecule has 0 atom stereocenters. The molecule has 0 rings (SSSR count). The molecule has 9 nitrogen and oxygen atoms in total. The van der Waals surface area contributed by atoms with Crippen molar-refractivity contribution < 1.29 is 146 Å². The zero-order valence-corrected chi connectivity index (χ0v) is 16.5. The Labute approximate surface area is 171 Å². The third-order valence-electron chi connectivity index (χ3n) is 0. The topological polar surface area (TPSA) is 173 Å². The fraction of sp³-hybridized carbons (Fsp3) is 0. The molecule has 6 N–H and O–H groups in total. The van der Waals surface area contributed by atoms with Crippen molar-refractivity contribution in [3.05, 3.63) is 0 Å². The third kappa shape index (κ3) is 734.